The molecule has 0 bridgehead atoms. The van der Waals surface area contributed by atoms with Crippen molar-refractivity contribution in [1.29, 1.82) is 0 Å². The van der Waals surface area contributed by atoms with Crippen LogP contribution in [0.25, 0.3) is 10.9 Å². The van der Waals surface area contributed by atoms with E-state index in [1.54, 1.807) is 0 Å². The van der Waals surface area contributed by atoms with E-state index in [1.165, 1.54) is 10.9 Å². The number of aliphatic hydroxyl groups is 1. The first kappa shape index (κ1) is 11.8. The molecule has 0 radical (unpaired) electrons. The molecule has 1 aromatic carbocycles. The summed E-state index contributed by atoms with van der Waals surface area (Å²) in [4.78, 5) is 0. The first-order valence-corrected chi connectivity index (χ1v) is 6.60. The molecule has 2 aromatic rings. The molecule has 3 nitrogen and oxygen atoms in total. The summed E-state index contributed by atoms with van der Waals surface area (Å²) in [5.41, 5.74) is 2.15. The maximum atomic E-state index is 9.21. The summed E-state index contributed by atoms with van der Waals surface area (Å²) >= 11 is 0. The average Bonchev–Trinajstić information content (AvgIpc) is 2.96. The molecule has 2 unspecified atom stereocenters. The van der Waals surface area contributed by atoms with Crippen LogP contribution in [0.15, 0.2) is 30.5 Å². The molecule has 0 amide bonds. The molecular formula is C15H19NO2. The van der Waals surface area contributed by atoms with E-state index >= 15 is 0 Å². The Morgan fingerprint density at radius 3 is 2.94 bits per heavy atom. The lowest BCUT2D eigenvalue weighted by Crippen LogP contribution is -2.15. The highest BCUT2D eigenvalue weighted by Crippen LogP contribution is 2.23. The molecule has 0 aliphatic carbocycles. The number of fused-ring (bicyclic) bond motifs is 1. The minimum Gasteiger partial charge on any atom is -0.392 e. The van der Waals surface area contributed by atoms with Crippen molar-refractivity contribution in [2.75, 3.05) is 0 Å². The van der Waals surface area contributed by atoms with Crippen LogP contribution in [0.5, 0.6) is 0 Å². The molecule has 96 valence electrons. The van der Waals surface area contributed by atoms with E-state index in [9.17, 15) is 5.11 Å². The molecule has 2 atom stereocenters. The third kappa shape index (κ3) is 2.16. The van der Waals surface area contributed by atoms with Crippen molar-refractivity contribution >= 4 is 10.9 Å². The molecule has 1 aliphatic rings. The van der Waals surface area contributed by atoms with Crippen LogP contribution in [0.3, 0.4) is 0 Å². The van der Waals surface area contributed by atoms with Gasteiger partial charge in [-0.05, 0) is 42.8 Å². The normalized spacial score (nSPS) is 23.9. The van der Waals surface area contributed by atoms with E-state index in [-0.39, 0.29) is 6.61 Å². The summed E-state index contributed by atoms with van der Waals surface area (Å²) in [6.45, 7) is 3.14. The highest BCUT2D eigenvalue weighted by Gasteiger charge is 2.22. The van der Waals surface area contributed by atoms with Crippen molar-refractivity contribution in [2.45, 2.75) is 45.1 Å². The standard InChI is InChI=1S/C15H19NO2/c1-11-2-5-14(18-11)9-16-7-6-13-4-3-12(10-17)8-15(13)16/h3-4,6-8,11,14,17H,2,5,9-10H2,1H3. The smallest absolute Gasteiger partial charge is 0.0758 e. The molecule has 1 fully saturated rings. The number of rotatable bonds is 3. The molecular weight excluding hydrogens is 226 g/mol. The second-order valence-electron chi connectivity index (χ2n) is 5.17. The zero-order chi connectivity index (χ0) is 12.5. The number of aromatic nitrogens is 1. The molecule has 1 aromatic heterocycles. The van der Waals surface area contributed by atoms with Gasteiger partial charge in [0.05, 0.1) is 18.8 Å². The Labute approximate surface area is 107 Å². The molecule has 0 spiro atoms. The first-order valence-electron chi connectivity index (χ1n) is 6.60. The van der Waals surface area contributed by atoms with E-state index in [1.807, 2.05) is 6.07 Å². The molecule has 1 aliphatic heterocycles. The Morgan fingerprint density at radius 1 is 1.33 bits per heavy atom. The van der Waals surface area contributed by atoms with Gasteiger partial charge in [-0.15, -0.1) is 0 Å². The van der Waals surface area contributed by atoms with Crippen molar-refractivity contribution in [2.24, 2.45) is 0 Å². The molecule has 3 heteroatoms. The van der Waals surface area contributed by atoms with Crippen molar-refractivity contribution in [3.05, 3.63) is 36.0 Å². The number of ether oxygens (including phenoxy) is 1. The molecule has 18 heavy (non-hydrogen) atoms. The van der Waals surface area contributed by atoms with Crippen LogP contribution in [-0.2, 0) is 17.9 Å². The summed E-state index contributed by atoms with van der Waals surface area (Å²) in [6.07, 6.45) is 5.13. The summed E-state index contributed by atoms with van der Waals surface area (Å²) < 4.78 is 8.10. The third-order valence-corrected chi connectivity index (χ3v) is 3.74. The Hall–Kier alpha value is -1.32. The second-order valence-corrected chi connectivity index (χ2v) is 5.17. The molecule has 1 N–H and O–H groups in total. The molecule has 1 saturated heterocycles. The van der Waals surface area contributed by atoms with Crippen LogP contribution in [0.4, 0.5) is 0 Å². The van der Waals surface area contributed by atoms with Gasteiger partial charge in [0.2, 0.25) is 0 Å². The molecule has 0 saturated carbocycles. The van der Waals surface area contributed by atoms with Gasteiger partial charge in [-0.3, -0.25) is 0 Å². The Balaban J connectivity index is 1.87. The van der Waals surface area contributed by atoms with Gasteiger partial charge in [-0.2, -0.15) is 0 Å². The van der Waals surface area contributed by atoms with Crippen LogP contribution in [-0.4, -0.2) is 21.9 Å². The largest absolute Gasteiger partial charge is 0.392 e. The van der Waals surface area contributed by atoms with Crippen LogP contribution < -0.4 is 0 Å². The van der Waals surface area contributed by atoms with Gasteiger partial charge in [0.25, 0.3) is 0 Å². The van der Waals surface area contributed by atoms with Gasteiger partial charge in [-0.1, -0.05) is 12.1 Å². The minimum absolute atomic E-state index is 0.0953. The van der Waals surface area contributed by atoms with Crippen LogP contribution in [0.2, 0.25) is 0 Å². The van der Waals surface area contributed by atoms with Gasteiger partial charge in [0.15, 0.2) is 0 Å². The number of hydrogen-bond acceptors (Lipinski definition) is 2. The zero-order valence-electron chi connectivity index (χ0n) is 10.7. The van der Waals surface area contributed by atoms with Crippen molar-refractivity contribution in [3.8, 4) is 0 Å². The lowest BCUT2D eigenvalue weighted by atomic mass is 10.1. The third-order valence-electron chi connectivity index (χ3n) is 3.74. The van der Waals surface area contributed by atoms with Crippen LogP contribution >= 0.6 is 0 Å². The van der Waals surface area contributed by atoms with Gasteiger partial charge in [-0.25, -0.2) is 0 Å². The van der Waals surface area contributed by atoms with Crippen molar-refractivity contribution in [1.82, 2.24) is 4.57 Å². The van der Waals surface area contributed by atoms with E-state index in [0.717, 1.165) is 24.9 Å². The Bertz CT molecular complexity index is 546. The predicted octanol–water partition coefficient (Wildman–Crippen LogP) is 2.70. The van der Waals surface area contributed by atoms with E-state index in [0.29, 0.717) is 12.2 Å². The Morgan fingerprint density at radius 2 is 2.22 bits per heavy atom. The summed E-state index contributed by atoms with van der Waals surface area (Å²) in [5, 5.41) is 10.4. The average molecular weight is 245 g/mol. The lowest BCUT2D eigenvalue weighted by Gasteiger charge is -2.13. The number of aliphatic hydroxyl groups excluding tert-OH is 1. The highest BCUT2D eigenvalue weighted by atomic mass is 16.5. The van der Waals surface area contributed by atoms with Crippen molar-refractivity contribution < 1.29 is 9.84 Å². The fourth-order valence-electron chi connectivity index (χ4n) is 2.73. The topological polar surface area (TPSA) is 34.4 Å². The first-order chi connectivity index (χ1) is 8.76. The maximum absolute atomic E-state index is 9.21. The summed E-state index contributed by atoms with van der Waals surface area (Å²) in [7, 11) is 0. The van der Waals surface area contributed by atoms with Gasteiger partial charge < -0.3 is 14.4 Å². The summed E-state index contributed by atoms with van der Waals surface area (Å²) in [5.74, 6) is 0. The van der Waals surface area contributed by atoms with Crippen molar-refractivity contribution in [3.63, 3.8) is 0 Å². The highest BCUT2D eigenvalue weighted by molar-refractivity contribution is 5.80. The number of nitrogens with zero attached hydrogens (tertiary/aromatic N) is 1. The fraction of sp³-hybridized carbons (Fsp3) is 0.467. The SMILES string of the molecule is CC1CCC(Cn2ccc3ccc(CO)cc32)O1. The van der Waals surface area contributed by atoms with E-state index in [4.69, 9.17) is 4.74 Å². The number of hydrogen-bond donors (Lipinski definition) is 1. The van der Waals surface area contributed by atoms with Gasteiger partial charge in [0, 0.05) is 18.3 Å². The molecule has 2 heterocycles. The zero-order valence-corrected chi connectivity index (χ0v) is 10.7. The van der Waals surface area contributed by atoms with E-state index in [2.05, 4.69) is 35.9 Å². The minimum atomic E-state index is 0.0953. The Kier molecular flexibility index (Phi) is 3.10. The fourth-order valence-corrected chi connectivity index (χ4v) is 2.73. The number of benzene rings is 1. The quantitative estimate of drug-likeness (QED) is 0.902. The monoisotopic (exact) mass is 245 g/mol. The lowest BCUT2D eigenvalue weighted by molar-refractivity contribution is 0.0465. The van der Waals surface area contributed by atoms with Crippen LogP contribution in [0, 0.1) is 0 Å². The predicted molar refractivity (Wildman–Crippen MR) is 71.4 cm³/mol. The summed E-state index contributed by atoms with van der Waals surface area (Å²) in [6, 6.07) is 8.22. The second kappa shape index (κ2) is 4.75. The van der Waals surface area contributed by atoms with E-state index < -0.39 is 0 Å². The van der Waals surface area contributed by atoms with Gasteiger partial charge >= 0.3 is 0 Å². The molecule has 3 rings (SSSR count). The van der Waals surface area contributed by atoms with Crippen LogP contribution in [0.1, 0.15) is 25.3 Å². The van der Waals surface area contributed by atoms with Gasteiger partial charge in [0.1, 0.15) is 0 Å². The maximum Gasteiger partial charge on any atom is 0.0758 e.